The largest absolute Gasteiger partial charge is 0.403 e. The number of hydrogen-bond acceptors (Lipinski definition) is 5. The van der Waals surface area contributed by atoms with Gasteiger partial charge in [-0.15, -0.1) is 0 Å². The maximum atomic E-state index is 5.62. The van der Waals surface area contributed by atoms with Crippen molar-refractivity contribution in [3.8, 4) is 0 Å². The monoisotopic (exact) mass is 209 g/mol. The molecule has 0 radical (unpaired) electrons. The van der Waals surface area contributed by atoms with E-state index in [0.29, 0.717) is 11.5 Å². The quantitative estimate of drug-likeness (QED) is 0.501. The number of pyridine rings is 1. The first-order chi connectivity index (χ1) is 7.15. The van der Waals surface area contributed by atoms with Crippen LogP contribution in [0.15, 0.2) is 24.7 Å². The first-order valence-electron chi connectivity index (χ1n) is 4.79. The van der Waals surface area contributed by atoms with Crippen LogP contribution in [0.1, 0.15) is 19.4 Å². The average Bonchev–Trinajstić information content (AvgIpc) is 2.21. The first kappa shape index (κ1) is 13.2. The van der Waals surface area contributed by atoms with Gasteiger partial charge in [0.05, 0.1) is 11.9 Å². The number of aryl methyl sites for hydroxylation is 1. The summed E-state index contributed by atoms with van der Waals surface area (Å²) in [6.07, 6.45) is 4.41. The van der Waals surface area contributed by atoms with Crippen molar-refractivity contribution in [1.82, 2.24) is 4.98 Å². The molecule has 0 aliphatic heterocycles. The molecule has 0 aliphatic rings. The van der Waals surface area contributed by atoms with Gasteiger partial charge in [-0.05, 0) is 18.6 Å². The second-order valence-corrected chi connectivity index (χ2v) is 2.66. The lowest BCUT2D eigenvalue weighted by Gasteiger charge is -2.14. The van der Waals surface area contributed by atoms with E-state index in [-0.39, 0.29) is 0 Å². The van der Waals surface area contributed by atoms with Crippen molar-refractivity contribution in [3.05, 3.63) is 30.2 Å². The van der Waals surface area contributed by atoms with Crippen LogP contribution < -0.4 is 22.3 Å². The summed E-state index contributed by atoms with van der Waals surface area (Å²) in [5.41, 5.74) is 12.2. The van der Waals surface area contributed by atoms with Gasteiger partial charge in [-0.1, -0.05) is 13.8 Å². The predicted molar refractivity (Wildman–Crippen MR) is 64.7 cm³/mol. The number of hydrazine groups is 1. The topological polar surface area (TPSA) is 94.2 Å². The Hall–Kier alpha value is -1.75. The molecular formula is C10H19N5. The summed E-state index contributed by atoms with van der Waals surface area (Å²) in [5, 5.41) is 1.34. The van der Waals surface area contributed by atoms with E-state index in [9.17, 15) is 0 Å². The fourth-order valence-electron chi connectivity index (χ4n) is 1.02. The van der Waals surface area contributed by atoms with Gasteiger partial charge in [0.2, 0.25) is 0 Å². The minimum Gasteiger partial charge on any atom is -0.403 e. The third-order valence-electron chi connectivity index (χ3n) is 1.56. The van der Waals surface area contributed by atoms with Gasteiger partial charge >= 0.3 is 0 Å². The maximum Gasteiger partial charge on any atom is 0.149 e. The zero-order chi connectivity index (χ0) is 11.8. The molecule has 6 N–H and O–H groups in total. The molecule has 1 aromatic rings. The lowest BCUT2D eigenvalue weighted by Crippen LogP contribution is -2.26. The summed E-state index contributed by atoms with van der Waals surface area (Å²) >= 11 is 0. The van der Waals surface area contributed by atoms with Gasteiger partial charge in [-0.3, -0.25) is 5.01 Å². The zero-order valence-electron chi connectivity index (χ0n) is 9.44. The lowest BCUT2D eigenvalue weighted by molar-refractivity contribution is 1.01. The fourth-order valence-corrected chi connectivity index (χ4v) is 1.02. The van der Waals surface area contributed by atoms with Crippen molar-refractivity contribution in [2.45, 2.75) is 20.8 Å². The minimum absolute atomic E-state index is 0.617. The number of rotatable bonds is 2. The van der Waals surface area contributed by atoms with E-state index in [4.69, 9.17) is 17.3 Å². The number of aromatic nitrogens is 1. The number of nitrogens with zero attached hydrogens (tertiary/aromatic N) is 2. The Kier molecular flexibility index (Phi) is 5.89. The van der Waals surface area contributed by atoms with E-state index in [2.05, 4.69) is 4.98 Å². The molecule has 5 heteroatoms. The molecule has 0 spiro atoms. The highest BCUT2D eigenvalue weighted by molar-refractivity contribution is 5.53. The van der Waals surface area contributed by atoms with E-state index in [1.165, 1.54) is 17.4 Å². The molecule has 0 bridgehead atoms. The molecule has 15 heavy (non-hydrogen) atoms. The van der Waals surface area contributed by atoms with Gasteiger partial charge in [0.15, 0.2) is 0 Å². The van der Waals surface area contributed by atoms with Gasteiger partial charge in [0.1, 0.15) is 5.82 Å². The van der Waals surface area contributed by atoms with Crippen LogP contribution in [0.25, 0.3) is 0 Å². The van der Waals surface area contributed by atoms with Gasteiger partial charge < -0.3 is 11.5 Å². The highest BCUT2D eigenvalue weighted by atomic mass is 15.4. The Morgan fingerprint density at radius 2 is 2.00 bits per heavy atom. The summed E-state index contributed by atoms with van der Waals surface area (Å²) in [4.78, 5) is 4.07. The zero-order valence-corrected chi connectivity index (χ0v) is 9.44. The van der Waals surface area contributed by atoms with Crippen molar-refractivity contribution in [3.63, 3.8) is 0 Å². The number of anilines is 2. The van der Waals surface area contributed by atoms with Crippen LogP contribution in [0.5, 0.6) is 0 Å². The van der Waals surface area contributed by atoms with E-state index >= 15 is 0 Å². The van der Waals surface area contributed by atoms with E-state index < -0.39 is 0 Å². The summed E-state index contributed by atoms with van der Waals surface area (Å²) < 4.78 is 0. The molecule has 1 rings (SSSR count). The van der Waals surface area contributed by atoms with Crippen molar-refractivity contribution >= 4 is 11.5 Å². The molecule has 0 aliphatic carbocycles. The SMILES string of the molecule is CC.Cc1cc(N)cnc1N(N)/C=C\N. The second kappa shape index (κ2) is 6.67. The van der Waals surface area contributed by atoms with E-state index in [1.54, 1.807) is 12.3 Å². The summed E-state index contributed by atoms with van der Waals surface area (Å²) in [6.45, 7) is 5.88. The fraction of sp³-hybridized carbons (Fsp3) is 0.300. The molecule has 84 valence electrons. The number of nitrogens with two attached hydrogens (primary N) is 3. The Morgan fingerprint density at radius 3 is 2.47 bits per heavy atom. The normalized spacial score (nSPS) is 9.60. The van der Waals surface area contributed by atoms with Crippen LogP contribution in [0.4, 0.5) is 11.5 Å². The van der Waals surface area contributed by atoms with Crippen LogP contribution in [0, 0.1) is 6.92 Å². The molecule has 0 aromatic carbocycles. The van der Waals surface area contributed by atoms with Crippen molar-refractivity contribution in [2.24, 2.45) is 11.6 Å². The highest BCUT2D eigenvalue weighted by Crippen LogP contribution is 2.16. The molecule has 0 saturated carbocycles. The van der Waals surface area contributed by atoms with Crippen LogP contribution >= 0.6 is 0 Å². The van der Waals surface area contributed by atoms with Crippen molar-refractivity contribution in [2.75, 3.05) is 10.7 Å². The molecule has 0 saturated heterocycles. The second-order valence-electron chi connectivity index (χ2n) is 2.66. The predicted octanol–water partition coefficient (Wildman–Crippen LogP) is 1.11. The molecule has 1 aromatic heterocycles. The van der Waals surface area contributed by atoms with Crippen LogP contribution in [0.3, 0.4) is 0 Å². The molecule has 0 fully saturated rings. The Morgan fingerprint density at radius 1 is 1.40 bits per heavy atom. The highest BCUT2D eigenvalue weighted by Gasteiger charge is 2.03. The van der Waals surface area contributed by atoms with Crippen LogP contribution in [-0.4, -0.2) is 4.98 Å². The third-order valence-corrected chi connectivity index (χ3v) is 1.56. The van der Waals surface area contributed by atoms with Gasteiger partial charge in [0.25, 0.3) is 0 Å². The van der Waals surface area contributed by atoms with E-state index in [0.717, 1.165) is 5.56 Å². The molecule has 0 unspecified atom stereocenters. The molecule has 0 atom stereocenters. The smallest absolute Gasteiger partial charge is 0.149 e. The van der Waals surface area contributed by atoms with E-state index in [1.807, 2.05) is 20.8 Å². The Balaban J connectivity index is 0.000000921. The summed E-state index contributed by atoms with van der Waals surface area (Å²) in [7, 11) is 0. The minimum atomic E-state index is 0.617. The molecule has 5 nitrogen and oxygen atoms in total. The van der Waals surface area contributed by atoms with Gasteiger partial charge in [-0.25, -0.2) is 10.8 Å². The van der Waals surface area contributed by atoms with Crippen molar-refractivity contribution in [1.29, 1.82) is 0 Å². The average molecular weight is 209 g/mol. The van der Waals surface area contributed by atoms with Gasteiger partial charge in [0, 0.05) is 12.4 Å². The Bertz CT molecular complexity index is 322. The lowest BCUT2D eigenvalue weighted by atomic mass is 10.2. The standard InChI is InChI=1S/C8H13N5.C2H6/c1-6-4-7(10)5-12-8(6)13(11)3-2-9;1-2/h2-5H,9-11H2,1H3;1-2H3/b3-2-;. The van der Waals surface area contributed by atoms with Crippen molar-refractivity contribution < 1.29 is 0 Å². The molecule has 1 heterocycles. The summed E-state index contributed by atoms with van der Waals surface area (Å²) in [5.74, 6) is 6.25. The first-order valence-corrected chi connectivity index (χ1v) is 4.79. The third kappa shape index (κ3) is 3.86. The van der Waals surface area contributed by atoms with Crippen LogP contribution in [0.2, 0.25) is 0 Å². The number of hydrogen-bond donors (Lipinski definition) is 3. The van der Waals surface area contributed by atoms with Crippen LogP contribution in [-0.2, 0) is 0 Å². The maximum absolute atomic E-state index is 5.62. The molecule has 0 amide bonds. The summed E-state index contributed by atoms with van der Waals surface area (Å²) in [6, 6.07) is 1.80. The van der Waals surface area contributed by atoms with Gasteiger partial charge in [-0.2, -0.15) is 0 Å². The molecular weight excluding hydrogens is 190 g/mol. The Labute approximate surface area is 90.5 Å². The number of nitrogen functional groups attached to an aromatic ring is 1.